The van der Waals surface area contributed by atoms with Crippen molar-refractivity contribution < 1.29 is 18.7 Å². The predicted octanol–water partition coefficient (Wildman–Crippen LogP) is 1.85. The summed E-state index contributed by atoms with van der Waals surface area (Å²) in [4.78, 5) is 27.6. The summed E-state index contributed by atoms with van der Waals surface area (Å²) in [5, 5.41) is 0. The van der Waals surface area contributed by atoms with Crippen molar-refractivity contribution in [1.82, 2.24) is 9.80 Å². The van der Waals surface area contributed by atoms with E-state index in [1.165, 1.54) is 7.11 Å². The quantitative estimate of drug-likeness (QED) is 0.694. The van der Waals surface area contributed by atoms with Crippen molar-refractivity contribution in [3.63, 3.8) is 0 Å². The zero-order valence-corrected chi connectivity index (χ0v) is 14.3. The van der Waals surface area contributed by atoms with Crippen molar-refractivity contribution >= 4 is 27.8 Å². The highest BCUT2D eigenvalue weighted by Gasteiger charge is 2.24. The van der Waals surface area contributed by atoms with Gasteiger partial charge in [-0.25, -0.2) is 0 Å². The molecule has 0 aliphatic carbocycles. The van der Waals surface area contributed by atoms with Crippen LogP contribution in [0.4, 0.5) is 0 Å². The van der Waals surface area contributed by atoms with Gasteiger partial charge >= 0.3 is 5.97 Å². The molecule has 0 bridgehead atoms. The van der Waals surface area contributed by atoms with Crippen molar-refractivity contribution in [1.29, 1.82) is 0 Å². The van der Waals surface area contributed by atoms with Crippen molar-refractivity contribution in [2.75, 3.05) is 40.8 Å². The van der Waals surface area contributed by atoms with E-state index in [0.717, 1.165) is 0 Å². The molecule has 1 unspecified atom stereocenters. The van der Waals surface area contributed by atoms with E-state index >= 15 is 0 Å². The highest BCUT2D eigenvalue weighted by Crippen LogP contribution is 2.16. The molecule has 0 N–H and O–H groups in total. The molecule has 1 aromatic heterocycles. The Morgan fingerprint density at radius 3 is 2.48 bits per heavy atom. The zero-order valence-electron chi connectivity index (χ0n) is 12.8. The van der Waals surface area contributed by atoms with Crippen LogP contribution in [0, 0.1) is 5.92 Å². The molecule has 0 saturated heterocycles. The number of hydrogen-bond acceptors (Lipinski definition) is 5. The van der Waals surface area contributed by atoms with Gasteiger partial charge in [0.2, 0.25) is 0 Å². The second-order valence-corrected chi connectivity index (χ2v) is 5.86. The lowest BCUT2D eigenvalue weighted by Crippen LogP contribution is -2.40. The minimum absolute atomic E-state index is 0.238. The summed E-state index contributed by atoms with van der Waals surface area (Å²) >= 11 is 3.18. The Morgan fingerprint density at radius 2 is 2.00 bits per heavy atom. The number of carbonyl (C=O) groups excluding carboxylic acids is 2. The van der Waals surface area contributed by atoms with Gasteiger partial charge in [-0.1, -0.05) is 6.92 Å². The third kappa shape index (κ3) is 5.51. The molecule has 118 valence electrons. The minimum atomic E-state index is -0.389. The van der Waals surface area contributed by atoms with Crippen LogP contribution in [0.3, 0.4) is 0 Å². The summed E-state index contributed by atoms with van der Waals surface area (Å²) in [7, 11) is 5.19. The molecule has 1 aromatic rings. The zero-order chi connectivity index (χ0) is 16.0. The number of carbonyl (C=O) groups is 2. The molecule has 21 heavy (non-hydrogen) atoms. The van der Waals surface area contributed by atoms with Crippen LogP contribution in [0.1, 0.15) is 17.5 Å². The molecule has 0 fully saturated rings. The third-order valence-electron chi connectivity index (χ3n) is 2.99. The highest BCUT2D eigenvalue weighted by atomic mass is 79.9. The fourth-order valence-corrected chi connectivity index (χ4v) is 2.09. The van der Waals surface area contributed by atoms with E-state index in [2.05, 4.69) is 15.9 Å². The van der Waals surface area contributed by atoms with Gasteiger partial charge in [0.15, 0.2) is 10.4 Å². The summed E-state index contributed by atoms with van der Waals surface area (Å²) in [6.07, 6.45) is 0. The summed E-state index contributed by atoms with van der Waals surface area (Å²) in [5.74, 6) is -0.714. The lowest BCUT2D eigenvalue weighted by Gasteiger charge is -2.25. The molecule has 0 spiro atoms. The molecule has 7 heteroatoms. The number of nitrogens with zero attached hydrogens (tertiary/aromatic N) is 2. The number of rotatable bonds is 7. The Balaban J connectivity index is 2.80. The lowest BCUT2D eigenvalue weighted by atomic mass is 10.1. The van der Waals surface area contributed by atoms with Crippen LogP contribution in [0.25, 0.3) is 0 Å². The van der Waals surface area contributed by atoms with Crippen LogP contribution in [0.5, 0.6) is 0 Å². The van der Waals surface area contributed by atoms with Gasteiger partial charge < -0.3 is 19.0 Å². The van der Waals surface area contributed by atoms with Crippen LogP contribution in [0.15, 0.2) is 21.2 Å². The number of esters is 1. The van der Waals surface area contributed by atoms with Crippen LogP contribution in [0.2, 0.25) is 0 Å². The first-order valence-corrected chi connectivity index (χ1v) is 7.41. The van der Waals surface area contributed by atoms with Gasteiger partial charge in [-0.3, -0.25) is 9.59 Å². The molecule has 6 nitrogen and oxygen atoms in total. The number of amides is 1. The second kappa shape index (κ2) is 8.19. The van der Waals surface area contributed by atoms with Crippen LogP contribution in [-0.2, 0) is 9.53 Å². The van der Waals surface area contributed by atoms with Crippen LogP contribution in [-0.4, -0.2) is 62.5 Å². The average Bonchev–Trinajstić information content (AvgIpc) is 2.87. The van der Waals surface area contributed by atoms with E-state index in [9.17, 15) is 9.59 Å². The molecule has 1 rings (SSSR count). The predicted molar refractivity (Wildman–Crippen MR) is 82.0 cm³/mol. The van der Waals surface area contributed by atoms with E-state index < -0.39 is 0 Å². The Labute approximate surface area is 133 Å². The van der Waals surface area contributed by atoms with Crippen molar-refractivity contribution in [2.24, 2.45) is 5.92 Å². The van der Waals surface area contributed by atoms with Crippen LogP contribution >= 0.6 is 15.9 Å². The topological polar surface area (TPSA) is 63.0 Å². The normalized spacial score (nSPS) is 12.3. The number of furan rings is 1. The monoisotopic (exact) mass is 360 g/mol. The summed E-state index contributed by atoms with van der Waals surface area (Å²) in [6, 6.07) is 3.28. The first-order chi connectivity index (χ1) is 9.85. The molecule has 1 heterocycles. The van der Waals surface area contributed by atoms with Gasteiger partial charge in [0.1, 0.15) is 0 Å². The van der Waals surface area contributed by atoms with E-state index in [-0.39, 0.29) is 30.1 Å². The van der Waals surface area contributed by atoms with E-state index in [0.29, 0.717) is 17.8 Å². The Kier molecular flexibility index (Phi) is 6.91. The SMILES string of the molecule is COC(=O)C(C)CN(CCN(C)C)C(=O)c1ccc(Br)o1. The van der Waals surface area contributed by atoms with E-state index in [1.807, 2.05) is 19.0 Å². The van der Waals surface area contributed by atoms with Crippen molar-refractivity contribution in [3.8, 4) is 0 Å². The number of ether oxygens (including phenoxy) is 1. The molecule has 1 amide bonds. The van der Waals surface area contributed by atoms with Gasteiger partial charge in [-0.15, -0.1) is 0 Å². The number of halogens is 1. The largest absolute Gasteiger partial charge is 0.469 e. The van der Waals surface area contributed by atoms with Gasteiger partial charge in [-0.05, 0) is 42.2 Å². The first-order valence-electron chi connectivity index (χ1n) is 6.62. The molecular formula is C14H21BrN2O4. The van der Waals surface area contributed by atoms with Gasteiger partial charge in [-0.2, -0.15) is 0 Å². The highest BCUT2D eigenvalue weighted by molar-refractivity contribution is 9.10. The number of methoxy groups -OCH3 is 1. The van der Waals surface area contributed by atoms with Crippen molar-refractivity contribution in [2.45, 2.75) is 6.92 Å². The summed E-state index contributed by atoms with van der Waals surface area (Å²) < 4.78 is 10.5. The molecule has 0 radical (unpaired) electrons. The molecule has 0 aromatic carbocycles. The number of hydrogen-bond donors (Lipinski definition) is 0. The third-order valence-corrected chi connectivity index (χ3v) is 3.41. The lowest BCUT2D eigenvalue weighted by molar-refractivity contribution is -0.145. The van der Waals surface area contributed by atoms with Gasteiger partial charge in [0, 0.05) is 19.6 Å². The maximum Gasteiger partial charge on any atom is 0.310 e. The molecular weight excluding hydrogens is 340 g/mol. The average molecular weight is 361 g/mol. The van der Waals surface area contributed by atoms with Gasteiger partial charge in [0.25, 0.3) is 5.91 Å². The van der Waals surface area contributed by atoms with E-state index in [4.69, 9.17) is 9.15 Å². The smallest absolute Gasteiger partial charge is 0.310 e. The Bertz CT molecular complexity index is 487. The molecule has 0 aliphatic rings. The molecule has 1 atom stereocenters. The maximum atomic E-state index is 12.5. The maximum absolute atomic E-state index is 12.5. The van der Waals surface area contributed by atoms with E-state index in [1.54, 1.807) is 24.0 Å². The fourth-order valence-electron chi connectivity index (χ4n) is 1.79. The second-order valence-electron chi connectivity index (χ2n) is 5.08. The molecule has 0 saturated carbocycles. The summed E-state index contributed by atoms with van der Waals surface area (Å²) in [5.41, 5.74) is 0. The minimum Gasteiger partial charge on any atom is -0.469 e. The summed E-state index contributed by atoms with van der Waals surface area (Å²) in [6.45, 7) is 3.23. The van der Waals surface area contributed by atoms with Crippen LogP contribution < -0.4 is 0 Å². The van der Waals surface area contributed by atoms with Crippen molar-refractivity contribution in [3.05, 3.63) is 22.6 Å². The Morgan fingerprint density at radius 1 is 1.33 bits per heavy atom. The number of likely N-dealkylation sites (N-methyl/N-ethyl adjacent to an activating group) is 1. The molecule has 0 aliphatic heterocycles. The van der Waals surface area contributed by atoms with Gasteiger partial charge in [0.05, 0.1) is 13.0 Å². The fraction of sp³-hybridized carbons (Fsp3) is 0.571. The standard InChI is InChI=1S/C14H21BrN2O4/c1-10(14(19)20-4)9-17(8-7-16(2)3)13(18)11-5-6-12(15)21-11/h5-6,10H,7-9H2,1-4H3. The first kappa shape index (κ1) is 17.7. The Hall–Kier alpha value is -1.34.